The lowest BCUT2D eigenvalue weighted by molar-refractivity contribution is -0.285. The van der Waals surface area contributed by atoms with E-state index in [2.05, 4.69) is 0 Å². The van der Waals surface area contributed by atoms with Gasteiger partial charge in [-0.2, -0.15) is 0 Å². The summed E-state index contributed by atoms with van der Waals surface area (Å²) in [5.74, 6) is -0.139. The monoisotopic (exact) mass is 556 g/mol. The molecule has 1 unspecified atom stereocenters. The van der Waals surface area contributed by atoms with Crippen molar-refractivity contribution in [2.24, 2.45) is 0 Å². The highest BCUT2D eigenvalue weighted by atomic mass is 32.2. The maximum Gasteiger partial charge on any atom is 0.186 e. The summed E-state index contributed by atoms with van der Waals surface area (Å²) < 4.78 is 57.0. The van der Waals surface area contributed by atoms with E-state index in [1.165, 1.54) is 11.8 Å². The van der Waals surface area contributed by atoms with Crippen molar-refractivity contribution < 1.29 is 32.1 Å². The molecule has 9 heteroatoms. The van der Waals surface area contributed by atoms with Crippen LogP contribution in [-0.4, -0.2) is 63.2 Å². The fourth-order valence-electron chi connectivity index (χ4n) is 4.67. The zero-order valence-electron chi connectivity index (χ0n) is 21.1. The van der Waals surface area contributed by atoms with Gasteiger partial charge in [0.05, 0.1) is 41.8 Å². The van der Waals surface area contributed by atoms with Gasteiger partial charge in [-0.15, -0.1) is 11.8 Å². The summed E-state index contributed by atoms with van der Waals surface area (Å²) in [5.41, 5.74) is 1.49. The van der Waals surface area contributed by atoms with E-state index in [-0.39, 0.29) is 28.6 Å². The van der Waals surface area contributed by atoms with Crippen molar-refractivity contribution in [2.75, 3.05) is 19.5 Å². The van der Waals surface area contributed by atoms with E-state index in [0.29, 0.717) is 13.2 Å². The highest BCUT2D eigenvalue weighted by molar-refractivity contribution is 8.01. The molecule has 0 aliphatic carbocycles. The van der Waals surface area contributed by atoms with Crippen molar-refractivity contribution in [1.29, 1.82) is 0 Å². The third-order valence-electron chi connectivity index (χ3n) is 6.61. The number of sulfone groups is 1. The van der Waals surface area contributed by atoms with Crippen LogP contribution < -0.4 is 0 Å². The second kappa shape index (κ2) is 12.7. The SMILES string of the molecule is CO[C@@H]1O[C@@H]2COC(CS(=O)(=O)c3ccccc3)S[C@H]2[C@H](OCc2ccccc2)[C@H]1OCc1ccccc1. The molecule has 5 rings (SSSR count). The second-order valence-electron chi connectivity index (χ2n) is 9.26. The van der Waals surface area contributed by atoms with E-state index in [1.807, 2.05) is 60.7 Å². The summed E-state index contributed by atoms with van der Waals surface area (Å²) in [6, 6.07) is 28.3. The van der Waals surface area contributed by atoms with Gasteiger partial charge in [-0.05, 0) is 23.3 Å². The number of hydrogen-bond acceptors (Lipinski definition) is 8. The Kier molecular flexibility index (Phi) is 9.16. The first-order chi connectivity index (χ1) is 18.5. The Morgan fingerprint density at radius 3 is 1.95 bits per heavy atom. The molecule has 3 aromatic carbocycles. The first kappa shape index (κ1) is 27.3. The first-order valence-corrected chi connectivity index (χ1v) is 15.2. The number of thioether (sulfide) groups is 1. The number of rotatable bonds is 10. The minimum Gasteiger partial charge on any atom is -0.369 e. The zero-order valence-corrected chi connectivity index (χ0v) is 22.8. The minimum absolute atomic E-state index is 0.139. The molecule has 2 aliphatic rings. The molecule has 2 saturated heterocycles. The Labute approximate surface area is 228 Å². The number of fused-ring (bicyclic) bond motifs is 1. The Bertz CT molecular complexity index is 1240. The van der Waals surface area contributed by atoms with Gasteiger partial charge in [-0.1, -0.05) is 78.9 Å². The number of methoxy groups -OCH3 is 1. The quantitative estimate of drug-likeness (QED) is 0.362. The van der Waals surface area contributed by atoms with Crippen LogP contribution in [0.15, 0.2) is 95.9 Å². The molecule has 6 atom stereocenters. The van der Waals surface area contributed by atoms with E-state index in [0.717, 1.165) is 11.1 Å². The lowest BCUT2D eigenvalue weighted by Gasteiger charge is -2.48. The van der Waals surface area contributed by atoms with E-state index < -0.39 is 33.8 Å². The van der Waals surface area contributed by atoms with Crippen molar-refractivity contribution in [3.8, 4) is 0 Å². The van der Waals surface area contributed by atoms with Crippen molar-refractivity contribution in [3.05, 3.63) is 102 Å². The summed E-state index contributed by atoms with van der Waals surface area (Å²) >= 11 is 1.43. The van der Waals surface area contributed by atoms with Crippen LogP contribution in [0.4, 0.5) is 0 Å². The number of benzene rings is 3. The molecule has 202 valence electrons. The molecule has 0 N–H and O–H groups in total. The van der Waals surface area contributed by atoms with Crippen LogP contribution in [0.5, 0.6) is 0 Å². The fourth-order valence-corrected chi connectivity index (χ4v) is 7.96. The van der Waals surface area contributed by atoms with Crippen LogP contribution in [0.2, 0.25) is 0 Å². The third kappa shape index (κ3) is 6.66. The highest BCUT2D eigenvalue weighted by Gasteiger charge is 2.51. The van der Waals surface area contributed by atoms with Crippen molar-refractivity contribution in [1.82, 2.24) is 0 Å². The maximum atomic E-state index is 13.1. The van der Waals surface area contributed by atoms with E-state index >= 15 is 0 Å². The molecule has 0 amide bonds. The number of ether oxygens (including phenoxy) is 5. The average molecular weight is 557 g/mol. The van der Waals surface area contributed by atoms with E-state index in [9.17, 15) is 8.42 Å². The highest BCUT2D eigenvalue weighted by Crippen LogP contribution is 2.41. The van der Waals surface area contributed by atoms with Gasteiger partial charge in [0.2, 0.25) is 0 Å². The molecule has 7 nitrogen and oxygen atoms in total. The molecule has 38 heavy (non-hydrogen) atoms. The van der Waals surface area contributed by atoms with E-state index in [4.69, 9.17) is 23.7 Å². The smallest absolute Gasteiger partial charge is 0.186 e. The number of hydrogen-bond donors (Lipinski definition) is 0. The summed E-state index contributed by atoms with van der Waals surface area (Å²) in [7, 11) is -1.94. The molecule has 0 aromatic heterocycles. The third-order valence-corrected chi connectivity index (χ3v) is 10.0. The molecular formula is C29H32O7S2. The first-order valence-electron chi connectivity index (χ1n) is 12.6. The molecule has 2 aliphatic heterocycles. The van der Waals surface area contributed by atoms with Crippen LogP contribution in [0.1, 0.15) is 11.1 Å². The molecule has 2 fully saturated rings. The van der Waals surface area contributed by atoms with E-state index in [1.54, 1.807) is 37.4 Å². The minimum atomic E-state index is -3.53. The van der Waals surface area contributed by atoms with Gasteiger partial charge >= 0.3 is 0 Å². The fraction of sp³-hybridized carbons (Fsp3) is 0.379. The van der Waals surface area contributed by atoms with Crippen LogP contribution in [-0.2, 0) is 46.7 Å². The summed E-state index contributed by atoms with van der Waals surface area (Å²) in [4.78, 5) is 0.284. The lowest BCUT2D eigenvalue weighted by atomic mass is 10.0. The Hall–Kier alpha value is -2.24. The molecule has 2 heterocycles. The van der Waals surface area contributed by atoms with Crippen molar-refractivity contribution in [2.45, 2.75) is 53.4 Å². The second-order valence-corrected chi connectivity index (χ2v) is 12.6. The maximum absolute atomic E-state index is 13.1. The van der Waals surface area contributed by atoms with Gasteiger partial charge in [0.25, 0.3) is 0 Å². The molecule has 0 spiro atoms. The van der Waals surface area contributed by atoms with Crippen LogP contribution >= 0.6 is 11.8 Å². The van der Waals surface area contributed by atoms with Crippen LogP contribution in [0.3, 0.4) is 0 Å². The van der Waals surface area contributed by atoms with Gasteiger partial charge in [0, 0.05) is 7.11 Å². The van der Waals surface area contributed by atoms with Crippen molar-refractivity contribution >= 4 is 21.6 Å². The van der Waals surface area contributed by atoms with Gasteiger partial charge < -0.3 is 23.7 Å². The summed E-state index contributed by atoms with van der Waals surface area (Å²) in [6.45, 7) is 0.984. The molecule has 0 saturated carbocycles. The Morgan fingerprint density at radius 2 is 1.37 bits per heavy atom. The van der Waals surface area contributed by atoms with Gasteiger partial charge in [-0.25, -0.2) is 8.42 Å². The molecule has 3 aromatic rings. The van der Waals surface area contributed by atoms with Crippen LogP contribution in [0.25, 0.3) is 0 Å². The average Bonchev–Trinajstić information content (AvgIpc) is 2.96. The van der Waals surface area contributed by atoms with Crippen LogP contribution in [0, 0.1) is 0 Å². The molecular weight excluding hydrogens is 524 g/mol. The van der Waals surface area contributed by atoms with Gasteiger partial charge in [0.1, 0.15) is 17.6 Å². The van der Waals surface area contributed by atoms with Gasteiger partial charge in [0.15, 0.2) is 16.1 Å². The molecule has 0 radical (unpaired) electrons. The topological polar surface area (TPSA) is 80.3 Å². The molecule has 0 bridgehead atoms. The normalized spacial score (nSPS) is 27.5. The van der Waals surface area contributed by atoms with Gasteiger partial charge in [-0.3, -0.25) is 0 Å². The predicted octanol–water partition coefficient (Wildman–Crippen LogP) is 4.46. The lowest BCUT2D eigenvalue weighted by Crippen LogP contribution is -2.61. The zero-order chi connectivity index (χ0) is 26.4. The van der Waals surface area contributed by atoms with Crippen molar-refractivity contribution in [3.63, 3.8) is 0 Å². The standard InChI is InChI=1S/C29H32O7S2/c1-32-29-27(35-18-22-13-7-3-8-14-22)26(34-17-21-11-5-2-6-12-21)28-24(36-29)19-33-25(37-28)20-38(30,31)23-15-9-4-10-16-23/h2-16,24-29H,17-20H2,1H3/t24-,25?,26-,27-,28-,29-/m1/s1. The summed E-state index contributed by atoms with van der Waals surface area (Å²) in [5, 5.41) is -0.212. The Balaban J connectivity index is 1.36. The predicted molar refractivity (Wildman–Crippen MR) is 145 cm³/mol. The largest absolute Gasteiger partial charge is 0.369 e. The summed E-state index contributed by atoms with van der Waals surface area (Å²) in [6.07, 6.45) is -1.94. The Morgan fingerprint density at radius 1 is 0.816 bits per heavy atom.